The number of morpholine rings is 1. The van der Waals surface area contributed by atoms with Gasteiger partial charge < -0.3 is 10.1 Å². The van der Waals surface area contributed by atoms with E-state index in [9.17, 15) is 21.2 Å². The van der Waals surface area contributed by atoms with E-state index in [-0.39, 0.29) is 11.8 Å². The molecule has 0 amide bonds. The lowest BCUT2D eigenvalue weighted by Crippen LogP contribution is -2.48. The Labute approximate surface area is 194 Å². The Kier molecular flexibility index (Phi) is 7.15. The second-order valence-electron chi connectivity index (χ2n) is 8.56. The molecule has 0 bridgehead atoms. The third kappa shape index (κ3) is 5.43. The molecule has 0 aliphatic carbocycles. The van der Waals surface area contributed by atoms with Gasteiger partial charge in [-0.3, -0.25) is 9.88 Å². The number of aryl methyl sites for hydroxylation is 1. The lowest BCUT2D eigenvalue weighted by atomic mass is 10.1. The lowest BCUT2D eigenvalue weighted by molar-refractivity contribution is 0.0157. The van der Waals surface area contributed by atoms with E-state index in [4.69, 9.17) is 4.74 Å². The van der Waals surface area contributed by atoms with Crippen molar-refractivity contribution in [3.8, 4) is 0 Å². The summed E-state index contributed by atoms with van der Waals surface area (Å²) in [6, 6.07) is 6.64. The number of hydrogen-bond acceptors (Lipinski definition) is 8. The molecule has 2 aliphatic heterocycles. The first kappa shape index (κ1) is 24.2. The van der Waals surface area contributed by atoms with Crippen molar-refractivity contribution < 1.29 is 26.0 Å². The first-order valence-corrected chi connectivity index (χ1v) is 14.2. The lowest BCUT2D eigenvalue weighted by Gasteiger charge is -2.35. The van der Waals surface area contributed by atoms with E-state index >= 15 is 0 Å². The smallest absolute Gasteiger partial charge is 0.186 e. The van der Waals surface area contributed by atoms with Gasteiger partial charge in [0.2, 0.25) is 0 Å². The Balaban J connectivity index is 1.60. The van der Waals surface area contributed by atoms with Crippen LogP contribution in [-0.2, 0) is 24.4 Å². The van der Waals surface area contributed by atoms with Crippen molar-refractivity contribution in [2.45, 2.75) is 29.2 Å². The molecular formula is C22H28FN3O5S2. The van der Waals surface area contributed by atoms with Crippen LogP contribution in [0.25, 0.3) is 0 Å². The van der Waals surface area contributed by atoms with Crippen molar-refractivity contribution >= 4 is 19.7 Å². The molecule has 2 saturated heterocycles. The number of rotatable bonds is 7. The van der Waals surface area contributed by atoms with Gasteiger partial charge in [0.1, 0.15) is 10.7 Å². The highest BCUT2D eigenvalue weighted by atomic mass is 32.2. The van der Waals surface area contributed by atoms with E-state index in [1.54, 1.807) is 19.3 Å². The largest absolute Gasteiger partial charge is 0.379 e. The number of halogens is 1. The molecule has 0 spiro atoms. The minimum Gasteiger partial charge on any atom is -0.379 e. The van der Waals surface area contributed by atoms with Crippen molar-refractivity contribution in [2.75, 3.05) is 44.4 Å². The number of pyridine rings is 1. The number of benzene rings is 1. The van der Waals surface area contributed by atoms with Crippen LogP contribution in [0.15, 0.2) is 47.6 Å². The van der Waals surface area contributed by atoms with Crippen LogP contribution in [-0.4, -0.2) is 82.4 Å². The first-order chi connectivity index (χ1) is 15.7. The highest BCUT2D eigenvalue weighted by Crippen LogP contribution is 2.29. The van der Waals surface area contributed by atoms with Crippen LogP contribution < -0.4 is 5.32 Å². The normalized spacial score (nSPS) is 24.5. The Hall–Kier alpha value is -1.92. The Bertz CT molecular complexity index is 1190. The summed E-state index contributed by atoms with van der Waals surface area (Å²) in [5, 5.41) is 1.94. The zero-order valence-electron chi connectivity index (χ0n) is 18.4. The van der Waals surface area contributed by atoms with Crippen LogP contribution in [0, 0.1) is 12.7 Å². The molecule has 1 aromatic carbocycles. The van der Waals surface area contributed by atoms with Crippen LogP contribution in [0.4, 0.5) is 4.39 Å². The van der Waals surface area contributed by atoms with Gasteiger partial charge in [-0.1, -0.05) is 12.1 Å². The summed E-state index contributed by atoms with van der Waals surface area (Å²) in [6.45, 7) is 4.55. The zero-order chi connectivity index (χ0) is 23.6. The maximum absolute atomic E-state index is 14.4. The monoisotopic (exact) mass is 497 g/mol. The maximum Gasteiger partial charge on any atom is 0.186 e. The average molecular weight is 498 g/mol. The van der Waals surface area contributed by atoms with Crippen LogP contribution in [0.1, 0.15) is 17.2 Å². The topological polar surface area (TPSA) is 106 Å². The number of hydrogen-bond donors (Lipinski definition) is 1. The molecule has 1 aromatic heterocycles. The molecule has 0 saturated carbocycles. The van der Waals surface area contributed by atoms with Gasteiger partial charge >= 0.3 is 0 Å². The molecule has 1 N–H and O–H groups in total. The van der Waals surface area contributed by atoms with E-state index in [1.807, 2.05) is 12.1 Å². The minimum absolute atomic E-state index is 0.134. The number of ether oxygens (including phenoxy) is 1. The molecular weight excluding hydrogens is 469 g/mol. The number of aromatic nitrogens is 1. The van der Waals surface area contributed by atoms with E-state index in [0.717, 1.165) is 11.6 Å². The molecule has 2 aromatic rings. The molecule has 4 rings (SSSR count). The van der Waals surface area contributed by atoms with E-state index < -0.39 is 47.4 Å². The van der Waals surface area contributed by atoms with Crippen molar-refractivity contribution in [2.24, 2.45) is 0 Å². The molecule has 11 heteroatoms. The van der Waals surface area contributed by atoms with E-state index in [0.29, 0.717) is 38.4 Å². The predicted molar refractivity (Wildman–Crippen MR) is 122 cm³/mol. The summed E-state index contributed by atoms with van der Waals surface area (Å²) in [6.07, 6.45) is 3.43. The SMILES string of the molecule is Cc1ccc(F)c(S(=O)(=O)[C@H]2CS(=O)(=O)C[C@@H]2NCC(c2cccnc2)N2CCOCC2)c1. The van der Waals surface area contributed by atoms with Gasteiger partial charge in [0.15, 0.2) is 19.7 Å². The molecule has 33 heavy (non-hydrogen) atoms. The summed E-state index contributed by atoms with van der Waals surface area (Å²) in [5.41, 5.74) is 1.53. The van der Waals surface area contributed by atoms with Crippen molar-refractivity contribution in [1.82, 2.24) is 15.2 Å². The highest BCUT2D eigenvalue weighted by Gasteiger charge is 2.46. The fourth-order valence-corrected chi connectivity index (χ4v) is 9.35. The Morgan fingerprint density at radius 1 is 1.24 bits per heavy atom. The Morgan fingerprint density at radius 2 is 2.00 bits per heavy atom. The molecule has 8 nitrogen and oxygen atoms in total. The summed E-state index contributed by atoms with van der Waals surface area (Å²) in [7, 11) is -7.82. The van der Waals surface area contributed by atoms with Gasteiger partial charge in [0, 0.05) is 44.1 Å². The van der Waals surface area contributed by atoms with Crippen LogP contribution in [0.2, 0.25) is 0 Å². The van der Waals surface area contributed by atoms with Gasteiger partial charge in [-0.05, 0) is 36.2 Å². The maximum atomic E-state index is 14.4. The fourth-order valence-electron chi connectivity index (χ4n) is 4.49. The molecule has 1 unspecified atom stereocenters. The molecule has 3 heterocycles. The quantitative estimate of drug-likeness (QED) is 0.607. The molecule has 2 aliphatic rings. The minimum atomic E-state index is -4.21. The van der Waals surface area contributed by atoms with Gasteiger partial charge in [-0.25, -0.2) is 21.2 Å². The number of nitrogens with one attached hydrogen (secondary N) is 1. The van der Waals surface area contributed by atoms with E-state index in [1.165, 1.54) is 12.1 Å². The van der Waals surface area contributed by atoms with Crippen molar-refractivity contribution in [3.05, 3.63) is 59.7 Å². The average Bonchev–Trinajstić information content (AvgIpc) is 3.12. The number of sulfone groups is 2. The van der Waals surface area contributed by atoms with Gasteiger partial charge in [-0.15, -0.1) is 0 Å². The third-order valence-corrected chi connectivity index (χ3v) is 10.4. The van der Waals surface area contributed by atoms with Gasteiger partial charge in [-0.2, -0.15) is 0 Å². The van der Waals surface area contributed by atoms with Crippen molar-refractivity contribution in [3.63, 3.8) is 0 Å². The fraction of sp³-hybridized carbons (Fsp3) is 0.500. The molecule has 3 atom stereocenters. The van der Waals surface area contributed by atoms with Crippen LogP contribution >= 0.6 is 0 Å². The summed E-state index contributed by atoms with van der Waals surface area (Å²) >= 11 is 0. The second kappa shape index (κ2) is 9.75. The van der Waals surface area contributed by atoms with Crippen LogP contribution in [0.3, 0.4) is 0 Å². The predicted octanol–water partition coefficient (Wildman–Crippen LogP) is 1.13. The third-order valence-electron chi connectivity index (χ3n) is 6.22. The standard InChI is InChI=1S/C22H28FN3O5S2/c1-16-4-5-18(23)21(11-16)33(29,30)22-15-32(27,28)14-19(22)25-13-20(17-3-2-6-24-12-17)26-7-9-31-10-8-26/h2-6,11-12,19-20,22,25H,7-10,13-15H2,1H3/t19-,20?,22-/m0/s1. The molecule has 0 radical (unpaired) electrons. The summed E-state index contributed by atoms with van der Waals surface area (Å²) in [4.78, 5) is 5.95. The summed E-state index contributed by atoms with van der Waals surface area (Å²) < 4.78 is 71.5. The summed E-state index contributed by atoms with van der Waals surface area (Å²) in [5.74, 6) is -1.71. The number of nitrogens with zero attached hydrogens (tertiary/aromatic N) is 2. The molecule has 180 valence electrons. The first-order valence-electron chi connectivity index (χ1n) is 10.8. The highest BCUT2D eigenvalue weighted by molar-refractivity contribution is 7.96. The molecule has 2 fully saturated rings. The van der Waals surface area contributed by atoms with Gasteiger partial charge in [0.05, 0.1) is 30.0 Å². The van der Waals surface area contributed by atoms with E-state index in [2.05, 4.69) is 15.2 Å². The second-order valence-corrected chi connectivity index (χ2v) is 12.8. The van der Waals surface area contributed by atoms with Gasteiger partial charge in [0.25, 0.3) is 0 Å². The zero-order valence-corrected chi connectivity index (χ0v) is 20.0. The van der Waals surface area contributed by atoms with Crippen molar-refractivity contribution in [1.29, 1.82) is 0 Å². The Morgan fingerprint density at radius 3 is 2.70 bits per heavy atom. The van der Waals surface area contributed by atoms with Crippen LogP contribution in [0.5, 0.6) is 0 Å².